The van der Waals surface area contributed by atoms with Gasteiger partial charge in [-0.1, -0.05) is 18.9 Å². The number of aromatic nitrogens is 3. The zero-order valence-electron chi connectivity index (χ0n) is 18.9. The molecule has 5 rings (SSSR count). The van der Waals surface area contributed by atoms with Crippen LogP contribution in [0.2, 0.25) is 0 Å². The number of ether oxygens (including phenoxy) is 1. The molecule has 2 heterocycles. The largest absolute Gasteiger partial charge is 0.457 e. The molecule has 0 saturated heterocycles. The number of pyridine rings is 1. The maximum absolute atomic E-state index is 13.0. The van der Waals surface area contributed by atoms with Crippen LogP contribution in [-0.2, 0) is 13.6 Å². The average Bonchev–Trinajstić information content (AvgIpc) is 3.47. The summed E-state index contributed by atoms with van der Waals surface area (Å²) in [4.78, 5) is 16.9. The van der Waals surface area contributed by atoms with Gasteiger partial charge in [0.05, 0.1) is 22.7 Å². The number of nitrogens with zero attached hydrogens (tertiary/aromatic N) is 5. The molecule has 1 saturated carbocycles. The topological polar surface area (TPSA) is 96.6 Å². The van der Waals surface area contributed by atoms with E-state index in [1.165, 1.54) is 31.9 Å². The summed E-state index contributed by atoms with van der Waals surface area (Å²) in [5.74, 6) is 1.58. The number of nitriles is 2. The van der Waals surface area contributed by atoms with Crippen LogP contribution >= 0.6 is 0 Å². The minimum atomic E-state index is -0.0115. The van der Waals surface area contributed by atoms with Crippen LogP contribution < -0.4 is 10.4 Å². The Morgan fingerprint density at radius 3 is 2.56 bits per heavy atom. The normalized spacial score (nSPS) is 13.6. The Morgan fingerprint density at radius 1 is 1.00 bits per heavy atom. The fourth-order valence-electron chi connectivity index (χ4n) is 4.80. The van der Waals surface area contributed by atoms with Gasteiger partial charge in [0.2, 0.25) is 0 Å². The van der Waals surface area contributed by atoms with E-state index in [1.54, 1.807) is 41.9 Å². The molecule has 0 spiro atoms. The molecule has 2 aromatic carbocycles. The van der Waals surface area contributed by atoms with Crippen LogP contribution in [-0.4, -0.2) is 14.1 Å². The minimum absolute atomic E-state index is 0.0115. The molecule has 0 unspecified atom stereocenters. The molecule has 0 atom stereocenters. The van der Waals surface area contributed by atoms with E-state index in [0.717, 1.165) is 23.1 Å². The molecule has 0 radical (unpaired) electrons. The standard InChI is InChI=1S/C27H23N5O2/c1-31-26-12-19(7-9-25(26)32(27(31)33)17-18-4-2-3-5-18)24-14-22(8-6-20(24)15-28)34-23-10-11-30-21(13-23)16-29/h6-14,18H,2-5,17H2,1H3. The molecule has 2 aromatic heterocycles. The molecule has 34 heavy (non-hydrogen) atoms. The molecule has 0 aliphatic heterocycles. The van der Waals surface area contributed by atoms with Crippen LogP contribution in [0.5, 0.6) is 11.5 Å². The quantitative estimate of drug-likeness (QED) is 0.421. The molecule has 0 N–H and O–H groups in total. The van der Waals surface area contributed by atoms with E-state index >= 15 is 0 Å². The minimum Gasteiger partial charge on any atom is -0.457 e. The lowest BCUT2D eigenvalue weighted by Crippen LogP contribution is -2.24. The summed E-state index contributed by atoms with van der Waals surface area (Å²) in [7, 11) is 1.79. The van der Waals surface area contributed by atoms with Gasteiger partial charge in [-0.3, -0.25) is 9.13 Å². The zero-order chi connectivity index (χ0) is 23.7. The highest BCUT2D eigenvalue weighted by atomic mass is 16.5. The Hall–Kier alpha value is -4.36. The lowest BCUT2D eigenvalue weighted by molar-refractivity contribution is 0.453. The third-order valence-electron chi connectivity index (χ3n) is 6.57. The van der Waals surface area contributed by atoms with E-state index in [2.05, 4.69) is 11.1 Å². The Balaban J connectivity index is 1.54. The van der Waals surface area contributed by atoms with Crippen molar-refractivity contribution in [3.8, 4) is 34.8 Å². The van der Waals surface area contributed by atoms with Gasteiger partial charge in [0.15, 0.2) is 0 Å². The van der Waals surface area contributed by atoms with E-state index in [1.807, 2.05) is 28.8 Å². The van der Waals surface area contributed by atoms with Gasteiger partial charge in [-0.15, -0.1) is 0 Å². The predicted molar refractivity (Wildman–Crippen MR) is 128 cm³/mol. The monoisotopic (exact) mass is 449 g/mol. The fraction of sp³-hybridized carbons (Fsp3) is 0.259. The van der Waals surface area contributed by atoms with E-state index in [0.29, 0.717) is 28.5 Å². The molecule has 4 aromatic rings. The molecular weight excluding hydrogens is 426 g/mol. The molecule has 7 nitrogen and oxygen atoms in total. The molecule has 1 aliphatic rings. The molecule has 0 bridgehead atoms. The second-order valence-electron chi connectivity index (χ2n) is 8.72. The molecule has 0 amide bonds. The Labute approximate surface area is 197 Å². The second kappa shape index (κ2) is 8.88. The number of hydrogen-bond acceptors (Lipinski definition) is 5. The number of fused-ring (bicyclic) bond motifs is 1. The predicted octanol–water partition coefficient (Wildman–Crippen LogP) is 5.13. The summed E-state index contributed by atoms with van der Waals surface area (Å²) in [5, 5.41) is 18.8. The van der Waals surface area contributed by atoms with Crippen molar-refractivity contribution in [2.24, 2.45) is 13.0 Å². The molecule has 168 valence electrons. The third-order valence-corrected chi connectivity index (χ3v) is 6.57. The summed E-state index contributed by atoms with van der Waals surface area (Å²) < 4.78 is 9.50. The fourth-order valence-corrected chi connectivity index (χ4v) is 4.80. The highest BCUT2D eigenvalue weighted by Crippen LogP contribution is 2.33. The van der Waals surface area contributed by atoms with Crippen molar-refractivity contribution < 1.29 is 4.74 Å². The van der Waals surface area contributed by atoms with Gasteiger partial charge in [-0.05, 0) is 60.7 Å². The highest BCUT2D eigenvalue weighted by molar-refractivity contribution is 5.84. The van der Waals surface area contributed by atoms with E-state index in [9.17, 15) is 10.1 Å². The Kier molecular flexibility index (Phi) is 5.61. The van der Waals surface area contributed by atoms with Gasteiger partial charge < -0.3 is 4.74 Å². The van der Waals surface area contributed by atoms with E-state index in [4.69, 9.17) is 10.00 Å². The van der Waals surface area contributed by atoms with Crippen molar-refractivity contribution in [1.29, 1.82) is 10.5 Å². The van der Waals surface area contributed by atoms with Crippen LogP contribution in [0.25, 0.3) is 22.2 Å². The molecule has 1 fully saturated rings. The van der Waals surface area contributed by atoms with Crippen molar-refractivity contribution >= 4 is 11.0 Å². The summed E-state index contributed by atoms with van der Waals surface area (Å²) in [6.07, 6.45) is 6.34. The van der Waals surface area contributed by atoms with Gasteiger partial charge >= 0.3 is 5.69 Å². The summed E-state index contributed by atoms with van der Waals surface area (Å²) in [6, 6.07) is 18.6. The summed E-state index contributed by atoms with van der Waals surface area (Å²) in [5.41, 5.74) is 4.05. The van der Waals surface area contributed by atoms with Crippen molar-refractivity contribution in [2.75, 3.05) is 0 Å². The second-order valence-corrected chi connectivity index (χ2v) is 8.72. The van der Waals surface area contributed by atoms with Crippen molar-refractivity contribution in [3.05, 3.63) is 76.5 Å². The van der Waals surface area contributed by atoms with Crippen molar-refractivity contribution in [1.82, 2.24) is 14.1 Å². The zero-order valence-corrected chi connectivity index (χ0v) is 18.9. The Morgan fingerprint density at radius 2 is 1.79 bits per heavy atom. The number of aryl methyl sites for hydroxylation is 1. The van der Waals surface area contributed by atoms with Crippen LogP contribution in [0.1, 0.15) is 36.9 Å². The number of benzene rings is 2. The van der Waals surface area contributed by atoms with Gasteiger partial charge in [-0.25, -0.2) is 9.78 Å². The highest BCUT2D eigenvalue weighted by Gasteiger charge is 2.20. The van der Waals surface area contributed by atoms with E-state index in [-0.39, 0.29) is 11.4 Å². The average molecular weight is 450 g/mol. The summed E-state index contributed by atoms with van der Waals surface area (Å²) in [6.45, 7) is 0.749. The molecule has 1 aliphatic carbocycles. The van der Waals surface area contributed by atoms with Crippen molar-refractivity contribution in [2.45, 2.75) is 32.2 Å². The number of rotatable bonds is 5. The van der Waals surface area contributed by atoms with Gasteiger partial charge in [0, 0.05) is 31.4 Å². The first-order chi connectivity index (χ1) is 16.6. The number of hydrogen-bond donors (Lipinski definition) is 0. The third kappa shape index (κ3) is 3.93. The first kappa shape index (κ1) is 21.5. The van der Waals surface area contributed by atoms with Gasteiger partial charge in [0.25, 0.3) is 0 Å². The number of imidazole rings is 1. The maximum atomic E-state index is 13.0. The van der Waals surface area contributed by atoms with Crippen molar-refractivity contribution in [3.63, 3.8) is 0 Å². The smallest absolute Gasteiger partial charge is 0.328 e. The summed E-state index contributed by atoms with van der Waals surface area (Å²) >= 11 is 0. The maximum Gasteiger partial charge on any atom is 0.328 e. The van der Waals surface area contributed by atoms with Gasteiger partial charge in [0.1, 0.15) is 23.3 Å². The lowest BCUT2D eigenvalue weighted by Gasteiger charge is -2.11. The molecular formula is C27H23N5O2. The SMILES string of the molecule is Cn1c(=O)n(CC2CCCC2)c2ccc(-c3cc(Oc4ccnc(C#N)c4)ccc3C#N)cc21. The Bertz CT molecular complexity index is 1530. The van der Waals surface area contributed by atoms with Crippen LogP contribution in [0.4, 0.5) is 0 Å². The van der Waals surface area contributed by atoms with Crippen LogP contribution in [0.3, 0.4) is 0 Å². The van der Waals surface area contributed by atoms with Crippen LogP contribution in [0.15, 0.2) is 59.5 Å². The molecule has 7 heteroatoms. The first-order valence-electron chi connectivity index (χ1n) is 11.3. The first-order valence-corrected chi connectivity index (χ1v) is 11.3. The van der Waals surface area contributed by atoms with Gasteiger partial charge in [-0.2, -0.15) is 10.5 Å². The van der Waals surface area contributed by atoms with E-state index < -0.39 is 0 Å². The lowest BCUT2D eigenvalue weighted by atomic mass is 9.99. The van der Waals surface area contributed by atoms with Crippen LogP contribution in [0, 0.1) is 28.6 Å².